The Morgan fingerprint density at radius 2 is 1.84 bits per heavy atom. The van der Waals surface area contributed by atoms with Gasteiger partial charge in [0.1, 0.15) is 19.3 Å². The molecule has 2 aromatic rings. The fourth-order valence-electron chi connectivity index (χ4n) is 3.39. The molecule has 2 aromatic carbocycles. The second kappa shape index (κ2) is 8.88. The fraction of sp³-hybridized carbons (Fsp3) is 0.429. The van der Waals surface area contributed by atoms with Gasteiger partial charge in [-0.05, 0) is 49.4 Å². The van der Waals surface area contributed by atoms with E-state index < -0.39 is 6.10 Å². The van der Waals surface area contributed by atoms with Crippen LogP contribution in [0, 0.1) is 0 Å². The van der Waals surface area contributed by atoms with Crippen molar-refractivity contribution in [2.75, 3.05) is 13.7 Å². The lowest BCUT2D eigenvalue weighted by Crippen LogP contribution is -2.87. The lowest BCUT2D eigenvalue weighted by Gasteiger charge is -2.16. The molecule has 1 atom stereocenters. The van der Waals surface area contributed by atoms with Gasteiger partial charge < -0.3 is 19.9 Å². The molecule has 1 fully saturated rings. The molecule has 0 heterocycles. The van der Waals surface area contributed by atoms with Gasteiger partial charge in [-0.1, -0.05) is 30.3 Å². The van der Waals surface area contributed by atoms with Crippen molar-refractivity contribution in [2.45, 2.75) is 44.4 Å². The van der Waals surface area contributed by atoms with E-state index in [1.54, 1.807) is 7.11 Å². The Kier molecular flexibility index (Phi) is 6.31. The van der Waals surface area contributed by atoms with Gasteiger partial charge in [-0.15, -0.1) is 0 Å². The van der Waals surface area contributed by atoms with Gasteiger partial charge >= 0.3 is 0 Å². The summed E-state index contributed by atoms with van der Waals surface area (Å²) in [5.41, 5.74) is 2.09. The molecule has 3 rings (SSSR count). The Labute approximate surface area is 149 Å². The maximum atomic E-state index is 10.2. The van der Waals surface area contributed by atoms with Gasteiger partial charge in [-0.25, -0.2) is 0 Å². The number of hydrogen-bond donors (Lipinski definition) is 2. The second-order valence-electron chi connectivity index (χ2n) is 6.71. The van der Waals surface area contributed by atoms with E-state index >= 15 is 0 Å². The van der Waals surface area contributed by atoms with Gasteiger partial charge in [0, 0.05) is 5.56 Å². The highest BCUT2D eigenvalue weighted by molar-refractivity contribution is 5.42. The Morgan fingerprint density at radius 1 is 1.08 bits per heavy atom. The quantitative estimate of drug-likeness (QED) is 0.776. The van der Waals surface area contributed by atoms with Crippen LogP contribution < -0.4 is 14.8 Å². The lowest BCUT2D eigenvalue weighted by molar-refractivity contribution is -0.703. The van der Waals surface area contributed by atoms with Crippen LogP contribution in [0.25, 0.3) is 0 Å². The molecule has 1 aliphatic rings. The molecule has 1 aliphatic carbocycles. The summed E-state index contributed by atoms with van der Waals surface area (Å²) in [7, 11) is 1.65. The molecule has 25 heavy (non-hydrogen) atoms. The van der Waals surface area contributed by atoms with Crippen LogP contribution in [0.3, 0.4) is 0 Å². The first kappa shape index (κ1) is 17.8. The SMILES string of the molecule is COc1cc(C[NH2+]C2CCCC2)ccc1OC[C@@H](O)c1ccccc1. The van der Waals surface area contributed by atoms with Crippen LogP contribution in [0.4, 0.5) is 0 Å². The standard InChI is InChI=1S/C21H27NO3/c1-24-21-13-16(14-22-18-9-5-6-10-18)11-12-20(21)25-15-19(23)17-7-3-2-4-8-17/h2-4,7-8,11-13,18-19,22-23H,5-6,9-10,14-15H2,1H3/p+1/t19-/m1/s1. The predicted molar refractivity (Wildman–Crippen MR) is 97.8 cm³/mol. The summed E-state index contributed by atoms with van der Waals surface area (Å²) in [4.78, 5) is 0. The molecule has 0 unspecified atom stereocenters. The molecule has 134 valence electrons. The number of rotatable bonds is 8. The van der Waals surface area contributed by atoms with Crippen molar-refractivity contribution < 1.29 is 19.9 Å². The zero-order valence-corrected chi connectivity index (χ0v) is 14.9. The van der Waals surface area contributed by atoms with Crippen molar-refractivity contribution in [3.05, 3.63) is 59.7 Å². The number of aliphatic hydroxyl groups is 1. The number of ether oxygens (including phenoxy) is 2. The molecule has 0 aromatic heterocycles. The number of quaternary nitrogens is 1. The molecular formula is C21H28NO3+. The molecule has 0 radical (unpaired) electrons. The zero-order valence-electron chi connectivity index (χ0n) is 14.9. The van der Waals surface area contributed by atoms with Crippen LogP contribution in [0.15, 0.2) is 48.5 Å². The van der Waals surface area contributed by atoms with Crippen LogP contribution in [0.2, 0.25) is 0 Å². The molecule has 0 aliphatic heterocycles. The van der Waals surface area contributed by atoms with Crippen molar-refractivity contribution in [2.24, 2.45) is 0 Å². The molecule has 4 nitrogen and oxygen atoms in total. The maximum absolute atomic E-state index is 10.2. The Morgan fingerprint density at radius 3 is 2.56 bits per heavy atom. The van der Waals surface area contributed by atoms with Gasteiger partial charge in [0.15, 0.2) is 11.5 Å². The highest BCUT2D eigenvalue weighted by Crippen LogP contribution is 2.29. The Bertz CT molecular complexity index is 653. The van der Waals surface area contributed by atoms with E-state index in [-0.39, 0.29) is 6.61 Å². The first-order chi connectivity index (χ1) is 12.3. The number of methoxy groups -OCH3 is 1. The lowest BCUT2D eigenvalue weighted by atomic mass is 10.1. The fourth-order valence-corrected chi connectivity index (χ4v) is 3.39. The van der Waals surface area contributed by atoms with E-state index in [1.807, 2.05) is 42.5 Å². The van der Waals surface area contributed by atoms with Crippen molar-refractivity contribution in [1.29, 1.82) is 0 Å². The van der Waals surface area contributed by atoms with Gasteiger partial charge in [0.05, 0.1) is 13.2 Å². The van der Waals surface area contributed by atoms with Crippen molar-refractivity contribution >= 4 is 0 Å². The minimum absolute atomic E-state index is 0.202. The van der Waals surface area contributed by atoms with Crippen molar-refractivity contribution in [3.63, 3.8) is 0 Å². The average molecular weight is 342 g/mol. The summed E-state index contributed by atoms with van der Waals surface area (Å²) in [5, 5.41) is 12.7. The molecule has 1 saturated carbocycles. The predicted octanol–water partition coefficient (Wildman–Crippen LogP) is 2.81. The number of hydrogen-bond acceptors (Lipinski definition) is 3. The Balaban J connectivity index is 1.57. The summed E-state index contributed by atoms with van der Waals surface area (Å²) < 4.78 is 11.3. The highest BCUT2D eigenvalue weighted by Gasteiger charge is 2.18. The van der Waals surface area contributed by atoms with E-state index in [2.05, 4.69) is 11.4 Å². The minimum atomic E-state index is -0.652. The normalized spacial score (nSPS) is 15.9. The number of benzene rings is 2. The third-order valence-corrected chi connectivity index (χ3v) is 4.90. The molecule has 0 spiro atoms. The number of nitrogens with two attached hydrogens (primary N) is 1. The molecule has 0 saturated heterocycles. The topological polar surface area (TPSA) is 55.3 Å². The van der Waals surface area contributed by atoms with Crippen LogP contribution in [-0.2, 0) is 6.54 Å². The summed E-state index contributed by atoms with van der Waals surface area (Å²) in [6, 6.07) is 16.4. The first-order valence-electron chi connectivity index (χ1n) is 9.12. The van der Waals surface area contributed by atoms with Gasteiger partial charge in [0.25, 0.3) is 0 Å². The molecular weight excluding hydrogens is 314 g/mol. The zero-order chi connectivity index (χ0) is 17.5. The van der Waals surface area contributed by atoms with E-state index in [0.717, 1.165) is 23.9 Å². The van der Waals surface area contributed by atoms with E-state index in [9.17, 15) is 5.11 Å². The third-order valence-electron chi connectivity index (χ3n) is 4.90. The highest BCUT2D eigenvalue weighted by atomic mass is 16.5. The van der Waals surface area contributed by atoms with E-state index in [4.69, 9.17) is 9.47 Å². The van der Waals surface area contributed by atoms with Crippen LogP contribution in [0.1, 0.15) is 42.9 Å². The second-order valence-corrected chi connectivity index (χ2v) is 6.71. The molecule has 4 heteroatoms. The van der Waals surface area contributed by atoms with Gasteiger partial charge in [0.2, 0.25) is 0 Å². The summed E-state index contributed by atoms with van der Waals surface area (Å²) in [5.74, 6) is 1.39. The summed E-state index contributed by atoms with van der Waals surface area (Å²) in [6.45, 7) is 1.17. The monoisotopic (exact) mass is 342 g/mol. The maximum Gasteiger partial charge on any atom is 0.161 e. The summed E-state index contributed by atoms with van der Waals surface area (Å²) >= 11 is 0. The Hall–Kier alpha value is -2.04. The van der Waals surface area contributed by atoms with Crippen LogP contribution in [0.5, 0.6) is 11.5 Å². The minimum Gasteiger partial charge on any atom is -0.493 e. The van der Waals surface area contributed by atoms with Crippen molar-refractivity contribution in [1.82, 2.24) is 0 Å². The largest absolute Gasteiger partial charge is 0.493 e. The van der Waals surface area contributed by atoms with Crippen molar-refractivity contribution in [3.8, 4) is 11.5 Å². The van der Waals surface area contributed by atoms with Gasteiger partial charge in [-0.3, -0.25) is 0 Å². The smallest absolute Gasteiger partial charge is 0.161 e. The van der Waals surface area contributed by atoms with Crippen LogP contribution in [-0.4, -0.2) is 24.9 Å². The van der Waals surface area contributed by atoms with Gasteiger partial charge in [-0.2, -0.15) is 0 Å². The molecule has 0 bridgehead atoms. The molecule has 0 amide bonds. The van der Waals surface area contributed by atoms with Crippen LogP contribution >= 0.6 is 0 Å². The van der Waals surface area contributed by atoms with E-state index in [1.165, 1.54) is 31.2 Å². The first-order valence-corrected chi connectivity index (χ1v) is 9.12. The molecule has 3 N–H and O–H groups in total. The summed E-state index contributed by atoms with van der Waals surface area (Å²) in [6.07, 6.45) is 4.73. The average Bonchev–Trinajstić information content (AvgIpc) is 3.19. The third kappa shape index (κ3) is 4.97. The van der Waals surface area contributed by atoms with E-state index in [0.29, 0.717) is 5.75 Å². The number of aliphatic hydroxyl groups excluding tert-OH is 1.